The van der Waals surface area contributed by atoms with Crippen LogP contribution in [0.25, 0.3) is 0 Å². The van der Waals surface area contributed by atoms with Gasteiger partial charge in [-0.2, -0.15) is 0 Å². The largest absolute Gasteiger partial charge is 0.350 e. The summed E-state index contributed by atoms with van der Waals surface area (Å²) in [6.07, 6.45) is 2.20. The Kier molecular flexibility index (Phi) is 3.35. The minimum Gasteiger partial charge on any atom is -0.350 e. The van der Waals surface area contributed by atoms with Crippen molar-refractivity contribution in [1.29, 1.82) is 0 Å². The molecule has 2 fully saturated rings. The molecule has 72 valence electrons. The van der Waals surface area contributed by atoms with Gasteiger partial charge in [0.1, 0.15) is 0 Å². The van der Waals surface area contributed by atoms with Crippen LogP contribution in [0.5, 0.6) is 0 Å². The quantitative estimate of drug-likeness (QED) is 0.621. The first kappa shape index (κ1) is 10.3. The number of ether oxygens (including phenoxy) is 2. The summed E-state index contributed by atoms with van der Waals surface area (Å²) in [5.41, 5.74) is 0.0602. The van der Waals surface area contributed by atoms with Gasteiger partial charge in [0, 0.05) is 0 Å². The van der Waals surface area contributed by atoms with Crippen LogP contribution in [0, 0.1) is 0 Å². The highest BCUT2D eigenvalue weighted by Gasteiger charge is 2.40. The molecule has 0 aromatic rings. The van der Waals surface area contributed by atoms with E-state index in [1.165, 1.54) is 0 Å². The van der Waals surface area contributed by atoms with Crippen LogP contribution in [0.4, 0.5) is 0 Å². The number of hydrogen-bond donors (Lipinski definition) is 1. The van der Waals surface area contributed by atoms with Gasteiger partial charge >= 0.3 is 0 Å². The molecule has 4 heteroatoms. The van der Waals surface area contributed by atoms with Gasteiger partial charge < -0.3 is 14.8 Å². The molecule has 1 unspecified atom stereocenters. The van der Waals surface area contributed by atoms with Gasteiger partial charge in [0.15, 0.2) is 6.29 Å². The third-order valence-electron chi connectivity index (χ3n) is 2.51. The standard InChI is InChI=1S/C8H15NO2.ClH/c1-7-10-6-8(11-7)2-4-9-5-3-8;/h7,9H,2-6H2,1H3;1H. The molecule has 2 heterocycles. The average molecular weight is 194 g/mol. The van der Waals surface area contributed by atoms with Crippen molar-refractivity contribution in [2.45, 2.75) is 31.7 Å². The molecule has 2 rings (SSSR count). The van der Waals surface area contributed by atoms with Crippen LogP contribution in [-0.4, -0.2) is 31.6 Å². The topological polar surface area (TPSA) is 30.5 Å². The van der Waals surface area contributed by atoms with Crippen molar-refractivity contribution in [2.75, 3.05) is 19.7 Å². The number of halogens is 1. The second-order valence-electron chi connectivity index (χ2n) is 3.43. The first-order valence-electron chi connectivity index (χ1n) is 4.31. The van der Waals surface area contributed by atoms with Gasteiger partial charge in [-0.1, -0.05) is 0 Å². The van der Waals surface area contributed by atoms with Crippen molar-refractivity contribution >= 4 is 12.4 Å². The van der Waals surface area contributed by atoms with Gasteiger partial charge in [0.05, 0.1) is 12.2 Å². The number of piperidine rings is 1. The minimum absolute atomic E-state index is 0. The molecule has 0 aromatic heterocycles. The summed E-state index contributed by atoms with van der Waals surface area (Å²) in [5, 5.41) is 3.32. The predicted octanol–water partition coefficient (Wildman–Crippen LogP) is 0.923. The minimum atomic E-state index is 0. The van der Waals surface area contributed by atoms with Crippen molar-refractivity contribution in [3.8, 4) is 0 Å². The van der Waals surface area contributed by atoms with Gasteiger partial charge in [-0.05, 0) is 32.9 Å². The van der Waals surface area contributed by atoms with E-state index in [1.54, 1.807) is 0 Å². The molecule has 0 amide bonds. The fourth-order valence-corrected chi connectivity index (χ4v) is 1.83. The van der Waals surface area contributed by atoms with Gasteiger partial charge in [0.2, 0.25) is 0 Å². The fourth-order valence-electron chi connectivity index (χ4n) is 1.83. The van der Waals surface area contributed by atoms with Gasteiger partial charge in [-0.15, -0.1) is 12.4 Å². The highest BCUT2D eigenvalue weighted by Crippen LogP contribution is 2.30. The molecule has 0 saturated carbocycles. The van der Waals surface area contributed by atoms with E-state index >= 15 is 0 Å². The zero-order valence-electron chi connectivity index (χ0n) is 7.34. The molecule has 1 atom stereocenters. The lowest BCUT2D eigenvalue weighted by Gasteiger charge is -2.31. The van der Waals surface area contributed by atoms with E-state index < -0.39 is 0 Å². The Morgan fingerprint density at radius 1 is 1.33 bits per heavy atom. The number of nitrogens with one attached hydrogen (secondary N) is 1. The second-order valence-corrected chi connectivity index (χ2v) is 3.43. The van der Waals surface area contributed by atoms with E-state index in [1.807, 2.05) is 6.92 Å². The Bertz CT molecular complexity index is 142. The van der Waals surface area contributed by atoms with Gasteiger partial charge in [0.25, 0.3) is 0 Å². The van der Waals surface area contributed by atoms with Crippen molar-refractivity contribution in [2.24, 2.45) is 0 Å². The van der Waals surface area contributed by atoms with Crippen LogP contribution in [0.1, 0.15) is 19.8 Å². The maximum Gasteiger partial charge on any atom is 0.155 e. The summed E-state index contributed by atoms with van der Waals surface area (Å²) in [6, 6.07) is 0. The number of rotatable bonds is 0. The molecule has 0 aromatic carbocycles. The van der Waals surface area contributed by atoms with Crippen LogP contribution >= 0.6 is 12.4 Å². The van der Waals surface area contributed by atoms with E-state index in [2.05, 4.69) is 5.32 Å². The maximum atomic E-state index is 5.73. The van der Waals surface area contributed by atoms with E-state index in [0.29, 0.717) is 0 Å². The molecule has 0 bridgehead atoms. The van der Waals surface area contributed by atoms with Crippen molar-refractivity contribution in [3.63, 3.8) is 0 Å². The fraction of sp³-hybridized carbons (Fsp3) is 1.00. The Hall–Kier alpha value is 0.170. The Morgan fingerprint density at radius 3 is 2.50 bits per heavy atom. The third-order valence-corrected chi connectivity index (χ3v) is 2.51. The lowest BCUT2D eigenvalue weighted by Crippen LogP contribution is -2.43. The number of hydrogen-bond acceptors (Lipinski definition) is 3. The highest BCUT2D eigenvalue weighted by molar-refractivity contribution is 5.85. The van der Waals surface area contributed by atoms with Crippen LogP contribution in [0.3, 0.4) is 0 Å². The summed E-state index contributed by atoms with van der Waals surface area (Å²) in [7, 11) is 0. The van der Waals surface area contributed by atoms with Crippen molar-refractivity contribution < 1.29 is 9.47 Å². The van der Waals surface area contributed by atoms with Crippen LogP contribution in [0.2, 0.25) is 0 Å². The zero-order valence-corrected chi connectivity index (χ0v) is 8.15. The lowest BCUT2D eigenvalue weighted by atomic mass is 9.94. The molecule has 0 radical (unpaired) electrons. The molecule has 2 saturated heterocycles. The molecule has 1 N–H and O–H groups in total. The van der Waals surface area contributed by atoms with Crippen LogP contribution in [0.15, 0.2) is 0 Å². The van der Waals surface area contributed by atoms with E-state index in [4.69, 9.17) is 9.47 Å². The monoisotopic (exact) mass is 193 g/mol. The molecular weight excluding hydrogens is 178 g/mol. The maximum absolute atomic E-state index is 5.73. The molecule has 0 aliphatic carbocycles. The van der Waals surface area contributed by atoms with Gasteiger partial charge in [-0.3, -0.25) is 0 Å². The summed E-state index contributed by atoms with van der Waals surface area (Å²) in [5.74, 6) is 0. The normalized spacial score (nSPS) is 33.2. The molecule has 2 aliphatic heterocycles. The third kappa shape index (κ3) is 1.91. The predicted molar refractivity (Wildman–Crippen MR) is 48.6 cm³/mol. The van der Waals surface area contributed by atoms with Crippen molar-refractivity contribution in [1.82, 2.24) is 5.32 Å². The smallest absolute Gasteiger partial charge is 0.155 e. The Morgan fingerprint density at radius 2 is 2.00 bits per heavy atom. The summed E-state index contributed by atoms with van der Waals surface area (Å²) >= 11 is 0. The van der Waals surface area contributed by atoms with E-state index in [-0.39, 0.29) is 24.3 Å². The molecule has 3 nitrogen and oxygen atoms in total. The summed E-state index contributed by atoms with van der Waals surface area (Å²) < 4.78 is 11.1. The molecule has 1 spiro atoms. The molecule has 2 aliphatic rings. The van der Waals surface area contributed by atoms with Gasteiger partial charge in [-0.25, -0.2) is 0 Å². The van der Waals surface area contributed by atoms with E-state index in [0.717, 1.165) is 32.5 Å². The molecule has 12 heavy (non-hydrogen) atoms. The highest BCUT2D eigenvalue weighted by atomic mass is 35.5. The SMILES string of the molecule is CC1OCC2(CCNCC2)O1.Cl. The first-order valence-corrected chi connectivity index (χ1v) is 4.31. The van der Waals surface area contributed by atoms with E-state index in [9.17, 15) is 0 Å². The van der Waals surface area contributed by atoms with Crippen LogP contribution in [-0.2, 0) is 9.47 Å². The first-order chi connectivity index (χ1) is 5.31. The lowest BCUT2D eigenvalue weighted by molar-refractivity contribution is -0.0859. The Labute approximate surface area is 79.2 Å². The second kappa shape index (κ2) is 3.92. The zero-order chi connectivity index (χ0) is 7.73. The molecular formula is C8H16ClNO2. The van der Waals surface area contributed by atoms with Crippen LogP contribution < -0.4 is 5.32 Å². The summed E-state index contributed by atoms with van der Waals surface area (Å²) in [4.78, 5) is 0. The Balaban J connectivity index is 0.000000720. The van der Waals surface area contributed by atoms with Crippen molar-refractivity contribution in [3.05, 3.63) is 0 Å². The summed E-state index contributed by atoms with van der Waals surface area (Å²) in [6.45, 7) is 4.89. The average Bonchev–Trinajstić information content (AvgIpc) is 2.34.